The van der Waals surface area contributed by atoms with Crippen LogP contribution in [0, 0.1) is 5.92 Å². The maximum absolute atomic E-state index is 5.33. The first-order valence-corrected chi connectivity index (χ1v) is 3.61. The summed E-state index contributed by atoms with van der Waals surface area (Å²) in [6, 6.07) is 0. The van der Waals surface area contributed by atoms with E-state index in [0.717, 1.165) is 18.6 Å². The Kier molecular flexibility index (Phi) is 2.33. The highest BCUT2D eigenvalue weighted by Crippen LogP contribution is 2.25. The minimum Gasteiger partial charge on any atom is -0.470 e. The maximum atomic E-state index is 5.33. The molecule has 1 rings (SSSR count). The number of allylic oxidation sites excluding steroid dienone is 1. The number of ether oxygens (including phenoxy) is 2. The Bertz CT molecular complexity index is 131. The smallest absolute Gasteiger partial charge is 0.201 e. The van der Waals surface area contributed by atoms with Crippen molar-refractivity contribution in [2.75, 3.05) is 7.11 Å². The Hall–Kier alpha value is -0.500. The van der Waals surface area contributed by atoms with Gasteiger partial charge in [0, 0.05) is 19.4 Å². The van der Waals surface area contributed by atoms with E-state index in [1.807, 2.05) is 0 Å². The van der Waals surface area contributed by atoms with Crippen molar-refractivity contribution in [3.63, 3.8) is 0 Å². The lowest BCUT2D eigenvalue weighted by Crippen LogP contribution is -2.27. The van der Waals surface area contributed by atoms with E-state index < -0.39 is 0 Å². The van der Waals surface area contributed by atoms with Crippen LogP contribution in [-0.2, 0) is 9.47 Å². The predicted octanol–water partition coefficient (Wildman–Crippen LogP) is 1.92. The zero-order chi connectivity index (χ0) is 7.56. The molecule has 0 spiro atoms. The third-order valence-corrected chi connectivity index (χ3v) is 1.86. The lowest BCUT2D eigenvalue weighted by atomic mass is 10.0. The first kappa shape index (κ1) is 7.61. The fourth-order valence-electron chi connectivity index (χ4n) is 1.14. The fourth-order valence-corrected chi connectivity index (χ4v) is 1.14. The minimum absolute atomic E-state index is 0.0683. The van der Waals surface area contributed by atoms with Gasteiger partial charge in [-0.1, -0.05) is 13.5 Å². The van der Waals surface area contributed by atoms with E-state index in [1.165, 1.54) is 0 Å². The lowest BCUT2D eigenvalue weighted by molar-refractivity contribution is -0.144. The number of rotatable bonds is 1. The summed E-state index contributed by atoms with van der Waals surface area (Å²) in [7, 11) is 1.67. The molecule has 2 atom stereocenters. The zero-order valence-corrected chi connectivity index (χ0v) is 6.59. The second kappa shape index (κ2) is 3.06. The van der Waals surface area contributed by atoms with Crippen LogP contribution in [0.2, 0.25) is 0 Å². The normalized spacial score (nSPS) is 33.6. The van der Waals surface area contributed by atoms with Crippen LogP contribution in [0.25, 0.3) is 0 Å². The summed E-state index contributed by atoms with van der Waals surface area (Å²) in [6.07, 6.45) is 2.03. The van der Waals surface area contributed by atoms with Crippen molar-refractivity contribution < 1.29 is 9.47 Å². The van der Waals surface area contributed by atoms with E-state index in [0.29, 0.717) is 5.92 Å². The standard InChI is InChI=1S/C8H14O2/c1-6-4-5-7(2)10-8(6)9-3/h6,8H,2,4-5H2,1,3H3. The molecule has 10 heavy (non-hydrogen) atoms. The van der Waals surface area contributed by atoms with Crippen molar-refractivity contribution >= 4 is 0 Å². The molecule has 0 aromatic carbocycles. The van der Waals surface area contributed by atoms with Crippen LogP contribution in [-0.4, -0.2) is 13.4 Å². The van der Waals surface area contributed by atoms with Crippen LogP contribution in [0.15, 0.2) is 12.3 Å². The lowest BCUT2D eigenvalue weighted by Gasteiger charge is -2.29. The molecule has 0 aromatic rings. The average molecular weight is 142 g/mol. The van der Waals surface area contributed by atoms with Gasteiger partial charge in [0.25, 0.3) is 0 Å². The molecule has 0 radical (unpaired) electrons. The summed E-state index contributed by atoms with van der Waals surface area (Å²) < 4.78 is 10.4. The molecule has 0 N–H and O–H groups in total. The van der Waals surface area contributed by atoms with Gasteiger partial charge in [-0.2, -0.15) is 0 Å². The van der Waals surface area contributed by atoms with Crippen LogP contribution >= 0.6 is 0 Å². The summed E-state index contributed by atoms with van der Waals surface area (Å²) in [5.41, 5.74) is 0. The van der Waals surface area contributed by atoms with Gasteiger partial charge >= 0.3 is 0 Å². The quantitative estimate of drug-likeness (QED) is 0.557. The highest BCUT2D eigenvalue weighted by atomic mass is 16.7. The van der Waals surface area contributed by atoms with Crippen molar-refractivity contribution in [2.24, 2.45) is 5.92 Å². The molecule has 0 amide bonds. The molecule has 1 heterocycles. The number of hydrogen-bond donors (Lipinski definition) is 0. The average Bonchev–Trinajstić information content (AvgIpc) is 1.94. The molecule has 1 aliphatic heterocycles. The second-order valence-electron chi connectivity index (χ2n) is 2.78. The molecular weight excluding hydrogens is 128 g/mol. The van der Waals surface area contributed by atoms with Gasteiger partial charge in [0.15, 0.2) is 0 Å². The van der Waals surface area contributed by atoms with Crippen molar-refractivity contribution in [1.29, 1.82) is 0 Å². The van der Waals surface area contributed by atoms with Gasteiger partial charge in [-0.15, -0.1) is 0 Å². The van der Waals surface area contributed by atoms with Crippen LogP contribution in [0.5, 0.6) is 0 Å². The molecular formula is C8H14O2. The largest absolute Gasteiger partial charge is 0.470 e. The molecule has 0 bridgehead atoms. The first-order valence-electron chi connectivity index (χ1n) is 3.61. The summed E-state index contributed by atoms with van der Waals surface area (Å²) in [5.74, 6) is 1.35. The molecule has 0 aliphatic carbocycles. The van der Waals surface area contributed by atoms with Crippen molar-refractivity contribution in [2.45, 2.75) is 26.1 Å². The van der Waals surface area contributed by atoms with Gasteiger partial charge in [0.1, 0.15) is 0 Å². The van der Waals surface area contributed by atoms with Gasteiger partial charge < -0.3 is 9.47 Å². The SMILES string of the molecule is C=C1CCC(C)C(OC)O1. The van der Waals surface area contributed by atoms with Gasteiger partial charge in [-0.3, -0.25) is 0 Å². The van der Waals surface area contributed by atoms with Crippen molar-refractivity contribution in [3.05, 3.63) is 12.3 Å². The Morgan fingerprint density at radius 1 is 1.70 bits per heavy atom. The molecule has 2 heteroatoms. The first-order chi connectivity index (χ1) is 4.74. The highest BCUT2D eigenvalue weighted by Gasteiger charge is 2.23. The third-order valence-electron chi connectivity index (χ3n) is 1.86. The summed E-state index contributed by atoms with van der Waals surface area (Å²) in [6.45, 7) is 5.87. The summed E-state index contributed by atoms with van der Waals surface area (Å²) in [4.78, 5) is 0. The van der Waals surface area contributed by atoms with Crippen molar-refractivity contribution in [1.82, 2.24) is 0 Å². The Morgan fingerprint density at radius 2 is 2.40 bits per heavy atom. The topological polar surface area (TPSA) is 18.5 Å². The van der Waals surface area contributed by atoms with Crippen LogP contribution in [0.3, 0.4) is 0 Å². The minimum atomic E-state index is -0.0683. The monoisotopic (exact) mass is 142 g/mol. The van der Waals surface area contributed by atoms with Gasteiger partial charge in [-0.05, 0) is 6.42 Å². The van der Waals surface area contributed by atoms with E-state index in [4.69, 9.17) is 9.47 Å². The molecule has 58 valence electrons. The Balaban J connectivity index is 2.45. The highest BCUT2D eigenvalue weighted by molar-refractivity contribution is 4.88. The molecule has 1 saturated heterocycles. The van der Waals surface area contributed by atoms with E-state index in [2.05, 4.69) is 13.5 Å². The zero-order valence-electron chi connectivity index (χ0n) is 6.59. The predicted molar refractivity (Wildman–Crippen MR) is 39.4 cm³/mol. The van der Waals surface area contributed by atoms with Crippen molar-refractivity contribution in [3.8, 4) is 0 Å². The van der Waals surface area contributed by atoms with Gasteiger partial charge in [0.2, 0.25) is 6.29 Å². The van der Waals surface area contributed by atoms with Crippen LogP contribution < -0.4 is 0 Å². The van der Waals surface area contributed by atoms with E-state index in [9.17, 15) is 0 Å². The molecule has 2 nitrogen and oxygen atoms in total. The fraction of sp³-hybridized carbons (Fsp3) is 0.750. The molecule has 0 saturated carbocycles. The van der Waals surface area contributed by atoms with E-state index >= 15 is 0 Å². The third kappa shape index (κ3) is 1.51. The van der Waals surface area contributed by atoms with Gasteiger partial charge in [0.05, 0.1) is 5.76 Å². The summed E-state index contributed by atoms with van der Waals surface area (Å²) >= 11 is 0. The second-order valence-corrected chi connectivity index (χ2v) is 2.78. The Labute approximate surface area is 61.8 Å². The summed E-state index contributed by atoms with van der Waals surface area (Å²) in [5, 5.41) is 0. The van der Waals surface area contributed by atoms with Gasteiger partial charge in [-0.25, -0.2) is 0 Å². The maximum Gasteiger partial charge on any atom is 0.201 e. The van der Waals surface area contributed by atoms with E-state index in [1.54, 1.807) is 7.11 Å². The molecule has 1 fully saturated rings. The number of hydrogen-bond acceptors (Lipinski definition) is 2. The number of methoxy groups -OCH3 is 1. The molecule has 1 aliphatic rings. The molecule has 2 unspecified atom stereocenters. The van der Waals surface area contributed by atoms with E-state index in [-0.39, 0.29) is 6.29 Å². The van der Waals surface area contributed by atoms with Crippen LogP contribution in [0.4, 0.5) is 0 Å². The molecule has 0 aromatic heterocycles. The Morgan fingerprint density at radius 3 is 2.90 bits per heavy atom. The van der Waals surface area contributed by atoms with Crippen LogP contribution in [0.1, 0.15) is 19.8 Å².